The molecule has 1 aromatic carbocycles. The standard InChI is InChI=1S/C25H21Cl6N5O4S/c1-2-36-19(37)17(40-23(36)41)4-3-11-35-12-9-16(10-13-35)39-20(38)15-7-5-14(6-8-15)18-32-21(24(26,27)28)34-22(33-18)25(29,30)31/h3-8,11,16H,2,9-10,12-13H2,1H3. The lowest BCUT2D eigenvalue weighted by atomic mass is 10.1. The first kappa shape index (κ1) is 32.0. The van der Waals surface area contributed by atoms with Crippen molar-refractivity contribution in [2.45, 2.75) is 33.5 Å². The summed E-state index contributed by atoms with van der Waals surface area (Å²) in [6, 6.07) is 6.33. The molecule has 0 N–H and O–H groups in total. The van der Waals surface area contributed by atoms with Crippen LogP contribution in [-0.2, 0) is 21.9 Å². The number of likely N-dealkylation sites (N-methyl/N-ethyl adjacent to an activating group) is 1. The van der Waals surface area contributed by atoms with Crippen LogP contribution in [-0.4, -0.2) is 67.5 Å². The molecule has 41 heavy (non-hydrogen) atoms. The number of halogens is 6. The highest BCUT2D eigenvalue weighted by Crippen LogP contribution is 2.40. The summed E-state index contributed by atoms with van der Waals surface area (Å²) >= 11 is 40.7. The van der Waals surface area contributed by atoms with Gasteiger partial charge in [-0.3, -0.25) is 9.69 Å². The van der Waals surface area contributed by atoms with Gasteiger partial charge in [-0.15, -0.1) is 0 Å². The number of thiocarbonyl (C=S) groups is 1. The Hall–Kier alpha value is -1.92. The Morgan fingerprint density at radius 1 is 1.05 bits per heavy atom. The molecule has 2 aliphatic heterocycles. The lowest BCUT2D eigenvalue weighted by molar-refractivity contribution is -0.122. The number of nitrogens with zero attached hydrogens (tertiary/aromatic N) is 5. The van der Waals surface area contributed by atoms with Crippen molar-refractivity contribution < 1.29 is 19.1 Å². The van der Waals surface area contributed by atoms with E-state index in [2.05, 4.69) is 19.9 Å². The fourth-order valence-corrected chi connectivity index (χ4v) is 4.72. The summed E-state index contributed by atoms with van der Waals surface area (Å²) < 4.78 is 7.08. The highest BCUT2D eigenvalue weighted by molar-refractivity contribution is 7.80. The summed E-state index contributed by atoms with van der Waals surface area (Å²) in [7, 11) is 0. The highest BCUT2D eigenvalue weighted by atomic mass is 35.6. The Labute approximate surface area is 271 Å². The second-order valence-corrected chi connectivity index (χ2v) is 13.7. The predicted octanol–water partition coefficient (Wildman–Crippen LogP) is 6.37. The van der Waals surface area contributed by atoms with Crippen molar-refractivity contribution in [1.29, 1.82) is 0 Å². The second kappa shape index (κ2) is 13.2. The van der Waals surface area contributed by atoms with E-state index in [1.807, 2.05) is 13.1 Å². The number of alkyl halides is 6. The van der Waals surface area contributed by atoms with Crippen molar-refractivity contribution in [1.82, 2.24) is 24.8 Å². The van der Waals surface area contributed by atoms with Gasteiger partial charge in [0.05, 0.1) is 5.56 Å². The Morgan fingerprint density at radius 3 is 2.15 bits per heavy atom. The van der Waals surface area contributed by atoms with Crippen LogP contribution in [0.15, 0.2) is 48.4 Å². The number of benzene rings is 1. The van der Waals surface area contributed by atoms with Gasteiger partial charge >= 0.3 is 5.97 Å². The van der Waals surface area contributed by atoms with Crippen LogP contribution in [0.1, 0.15) is 41.8 Å². The summed E-state index contributed by atoms with van der Waals surface area (Å²) in [5.41, 5.74) is 0.805. The number of aromatic nitrogens is 3. The minimum atomic E-state index is -1.98. The summed E-state index contributed by atoms with van der Waals surface area (Å²) in [4.78, 5) is 40.7. The third-order valence-corrected chi connectivity index (χ3v) is 7.32. The minimum absolute atomic E-state index is 0.0906. The third kappa shape index (κ3) is 8.13. The molecular formula is C25H21Cl6N5O4S. The van der Waals surface area contributed by atoms with Gasteiger partial charge < -0.3 is 14.4 Å². The van der Waals surface area contributed by atoms with Gasteiger partial charge in [-0.2, -0.15) is 0 Å². The van der Waals surface area contributed by atoms with Gasteiger partial charge in [-0.25, -0.2) is 19.7 Å². The molecule has 0 unspecified atom stereocenters. The molecule has 0 saturated carbocycles. The minimum Gasteiger partial charge on any atom is -0.459 e. The van der Waals surface area contributed by atoms with Crippen LogP contribution in [0.5, 0.6) is 0 Å². The van der Waals surface area contributed by atoms with E-state index in [0.29, 0.717) is 43.6 Å². The highest BCUT2D eigenvalue weighted by Gasteiger charge is 2.34. The maximum Gasteiger partial charge on any atom is 0.338 e. The lowest BCUT2D eigenvalue weighted by Crippen LogP contribution is -2.34. The number of allylic oxidation sites excluding steroid dienone is 2. The van der Waals surface area contributed by atoms with Gasteiger partial charge in [0.25, 0.3) is 11.1 Å². The summed E-state index contributed by atoms with van der Waals surface area (Å²) in [6.45, 7) is 3.61. The van der Waals surface area contributed by atoms with Crippen LogP contribution in [0.3, 0.4) is 0 Å². The Balaban J connectivity index is 1.34. The topological polar surface area (TPSA) is 97.8 Å². The Kier molecular flexibility index (Phi) is 10.3. The molecule has 0 bridgehead atoms. The number of carbonyl (C=O) groups excluding carboxylic acids is 2. The van der Waals surface area contributed by atoms with E-state index < -0.39 is 13.6 Å². The largest absolute Gasteiger partial charge is 0.459 e. The van der Waals surface area contributed by atoms with Gasteiger partial charge in [0.1, 0.15) is 6.10 Å². The maximum absolute atomic E-state index is 12.8. The number of amides is 1. The molecule has 2 fully saturated rings. The smallest absolute Gasteiger partial charge is 0.338 e. The third-order valence-electron chi connectivity index (χ3n) is 6.01. The van der Waals surface area contributed by atoms with Gasteiger partial charge in [0.15, 0.2) is 23.2 Å². The van der Waals surface area contributed by atoms with Gasteiger partial charge in [0.2, 0.25) is 7.59 Å². The number of likely N-dealkylation sites (tertiary alicyclic amines) is 1. The average Bonchev–Trinajstić information content (AvgIpc) is 3.20. The number of piperidine rings is 1. The van der Waals surface area contributed by atoms with Gasteiger partial charge in [0, 0.05) is 38.0 Å². The molecule has 9 nitrogen and oxygen atoms in total. The Bertz CT molecular complexity index is 1350. The lowest BCUT2D eigenvalue weighted by Gasteiger charge is -2.30. The van der Waals surface area contributed by atoms with E-state index >= 15 is 0 Å². The van der Waals surface area contributed by atoms with E-state index in [9.17, 15) is 9.59 Å². The maximum atomic E-state index is 12.8. The molecule has 1 aromatic heterocycles. The van der Waals surface area contributed by atoms with E-state index in [1.54, 1.807) is 36.4 Å². The molecule has 0 atom stereocenters. The molecule has 4 rings (SSSR count). The van der Waals surface area contributed by atoms with Crippen molar-refractivity contribution in [3.63, 3.8) is 0 Å². The monoisotopic (exact) mass is 697 g/mol. The first-order valence-corrected chi connectivity index (χ1v) is 14.8. The van der Waals surface area contributed by atoms with Crippen LogP contribution in [0.4, 0.5) is 0 Å². The fourth-order valence-electron chi connectivity index (χ4n) is 3.91. The molecule has 1 amide bonds. The van der Waals surface area contributed by atoms with Crippen molar-refractivity contribution >= 4 is 98.9 Å². The normalized spacial score (nSPS) is 18.0. The summed E-state index contributed by atoms with van der Waals surface area (Å²) in [5.74, 6) is -0.884. The number of hydrogen-bond acceptors (Lipinski definition) is 9. The number of rotatable bonds is 6. The van der Waals surface area contributed by atoms with Crippen LogP contribution in [0, 0.1) is 0 Å². The molecule has 2 saturated heterocycles. The number of carbonyl (C=O) groups is 2. The summed E-state index contributed by atoms with van der Waals surface area (Å²) in [5, 5.41) is 0.156. The molecule has 16 heteroatoms. The van der Waals surface area contributed by atoms with Gasteiger partial charge in [-0.05, 0) is 49.6 Å². The molecule has 0 aliphatic carbocycles. The van der Waals surface area contributed by atoms with Crippen molar-refractivity contribution in [3.05, 3.63) is 65.6 Å². The average molecular weight is 700 g/mol. The van der Waals surface area contributed by atoms with E-state index in [4.69, 9.17) is 91.3 Å². The van der Waals surface area contributed by atoms with E-state index in [1.165, 1.54) is 4.90 Å². The second-order valence-electron chi connectivity index (χ2n) is 8.81. The molecule has 0 radical (unpaired) electrons. The van der Waals surface area contributed by atoms with Crippen LogP contribution < -0.4 is 0 Å². The fraction of sp³-hybridized carbons (Fsp3) is 0.360. The number of ether oxygens (including phenoxy) is 2. The SMILES string of the molecule is CCN1C(=O)C(=CC=CN2CCC(OC(=O)c3ccc(-c4nc(C(Cl)(Cl)Cl)nc(C(Cl)(Cl)Cl)n4)cc3)CC2)OC1=S. The number of hydrogen-bond donors (Lipinski definition) is 0. The molecule has 2 aliphatic rings. The first-order valence-electron chi connectivity index (χ1n) is 12.1. The molecular weight excluding hydrogens is 679 g/mol. The summed E-state index contributed by atoms with van der Waals surface area (Å²) in [6.07, 6.45) is 6.22. The van der Waals surface area contributed by atoms with Crippen LogP contribution >= 0.6 is 81.8 Å². The molecule has 2 aromatic rings. The van der Waals surface area contributed by atoms with Gasteiger partial charge in [-0.1, -0.05) is 81.7 Å². The van der Waals surface area contributed by atoms with E-state index in [-0.39, 0.29) is 40.4 Å². The van der Waals surface area contributed by atoms with Crippen LogP contribution in [0.2, 0.25) is 0 Å². The molecule has 0 spiro atoms. The Morgan fingerprint density at radius 2 is 1.63 bits per heavy atom. The van der Waals surface area contributed by atoms with E-state index in [0.717, 1.165) is 0 Å². The van der Waals surface area contributed by atoms with Crippen LogP contribution in [0.25, 0.3) is 11.4 Å². The quantitative estimate of drug-likeness (QED) is 0.147. The zero-order chi connectivity index (χ0) is 29.9. The first-order chi connectivity index (χ1) is 19.3. The van der Waals surface area contributed by atoms with Crippen molar-refractivity contribution in [2.75, 3.05) is 19.6 Å². The van der Waals surface area contributed by atoms with Crippen molar-refractivity contribution in [3.8, 4) is 11.4 Å². The number of esters is 1. The molecule has 3 heterocycles. The van der Waals surface area contributed by atoms with Crippen molar-refractivity contribution in [2.24, 2.45) is 0 Å². The molecule has 218 valence electrons. The zero-order valence-corrected chi connectivity index (χ0v) is 26.6. The predicted molar refractivity (Wildman–Crippen MR) is 162 cm³/mol. The zero-order valence-electron chi connectivity index (χ0n) is 21.2.